The zero-order valence-corrected chi connectivity index (χ0v) is 14.4. The van der Waals surface area contributed by atoms with Crippen molar-refractivity contribution in [1.29, 1.82) is 0 Å². The van der Waals surface area contributed by atoms with E-state index in [2.05, 4.69) is 22.2 Å². The summed E-state index contributed by atoms with van der Waals surface area (Å²) < 4.78 is 5.25. The third kappa shape index (κ3) is 3.31. The lowest BCUT2D eigenvalue weighted by Crippen LogP contribution is -2.31. The van der Waals surface area contributed by atoms with E-state index in [9.17, 15) is 9.59 Å². The van der Waals surface area contributed by atoms with Crippen LogP contribution >= 0.6 is 11.8 Å². The number of carbonyl (C=O) groups is 1. The molecule has 0 bridgehead atoms. The molecule has 1 aliphatic rings. The van der Waals surface area contributed by atoms with Crippen LogP contribution in [0, 0.1) is 0 Å². The molecule has 1 amide bonds. The van der Waals surface area contributed by atoms with Gasteiger partial charge in [0.2, 0.25) is 5.91 Å². The average molecular weight is 345 g/mol. The molecule has 0 saturated carbocycles. The molecule has 7 heteroatoms. The number of aromatic amines is 1. The highest BCUT2D eigenvalue weighted by molar-refractivity contribution is 7.99. The molecule has 0 fully saturated rings. The Morgan fingerprint density at radius 1 is 1.38 bits per heavy atom. The molecule has 24 heavy (non-hydrogen) atoms. The molecular formula is C17H19N3O3S. The molecular weight excluding hydrogens is 326 g/mol. The predicted molar refractivity (Wildman–Crippen MR) is 94.0 cm³/mol. The van der Waals surface area contributed by atoms with Crippen LogP contribution in [0.4, 0.5) is 5.82 Å². The first-order chi connectivity index (χ1) is 11.6. The van der Waals surface area contributed by atoms with Crippen molar-refractivity contribution >= 4 is 23.5 Å². The van der Waals surface area contributed by atoms with Crippen LogP contribution in [0.25, 0.3) is 0 Å². The van der Waals surface area contributed by atoms with Gasteiger partial charge in [0.1, 0.15) is 11.6 Å². The maximum absolute atomic E-state index is 12.6. The van der Waals surface area contributed by atoms with Crippen LogP contribution < -0.4 is 15.6 Å². The highest BCUT2D eigenvalue weighted by Crippen LogP contribution is 2.35. The second-order valence-corrected chi connectivity index (χ2v) is 6.65. The summed E-state index contributed by atoms with van der Waals surface area (Å²) in [4.78, 5) is 32.0. The van der Waals surface area contributed by atoms with Crippen LogP contribution in [0.5, 0.6) is 5.75 Å². The van der Waals surface area contributed by atoms with E-state index in [4.69, 9.17) is 4.74 Å². The minimum absolute atomic E-state index is 0.139. The summed E-state index contributed by atoms with van der Waals surface area (Å²) >= 11 is 1.47. The normalized spacial score (nSPS) is 16.4. The van der Waals surface area contributed by atoms with Crippen LogP contribution in [-0.2, 0) is 4.79 Å². The van der Waals surface area contributed by atoms with Crippen molar-refractivity contribution in [3.63, 3.8) is 0 Å². The quantitative estimate of drug-likeness (QED) is 0.643. The second-order valence-electron chi connectivity index (χ2n) is 5.56. The molecule has 0 saturated heterocycles. The van der Waals surface area contributed by atoms with E-state index in [-0.39, 0.29) is 23.8 Å². The zero-order valence-electron chi connectivity index (χ0n) is 13.6. The summed E-state index contributed by atoms with van der Waals surface area (Å²) in [5.74, 6) is 1.45. The number of fused-ring (bicyclic) bond motifs is 1. The van der Waals surface area contributed by atoms with Crippen LogP contribution in [0.2, 0.25) is 0 Å². The Morgan fingerprint density at radius 3 is 2.96 bits per heavy atom. The standard InChI is InChI=1S/C17H19N3O3S/c1-3-7-24-17-19-15-14(16(22)20-17)12(9-13(21)18-15)10-5-4-6-11(8-10)23-2/h4-6,8,12H,3,7,9H2,1-2H3,(H2,18,19,20,21,22)/t12-/m0/s1. The molecule has 0 spiro atoms. The molecule has 3 rings (SSSR count). The van der Waals surface area contributed by atoms with E-state index in [1.807, 2.05) is 24.3 Å². The first-order valence-electron chi connectivity index (χ1n) is 7.83. The van der Waals surface area contributed by atoms with Crippen molar-refractivity contribution in [2.75, 3.05) is 18.2 Å². The first-order valence-corrected chi connectivity index (χ1v) is 8.81. The average Bonchev–Trinajstić information content (AvgIpc) is 2.59. The van der Waals surface area contributed by atoms with Crippen molar-refractivity contribution in [1.82, 2.24) is 9.97 Å². The van der Waals surface area contributed by atoms with Gasteiger partial charge in [-0.1, -0.05) is 30.8 Å². The van der Waals surface area contributed by atoms with Crippen molar-refractivity contribution < 1.29 is 9.53 Å². The second kappa shape index (κ2) is 7.09. The Morgan fingerprint density at radius 2 is 2.21 bits per heavy atom. The molecule has 1 aliphatic heterocycles. The van der Waals surface area contributed by atoms with Gasteiger partial charge in [-0.2, -0.15) is 0 Å². The molecule has 2 aromatic rings. The topological polar surface area (TPSA) is 84.1 Å². The van der Waals surface area contributed by atoms with Crippen LogP contribution in [0.3, 0.4) is 0 Å². The van der Waals surface area contributed by atoms with E-state index in [1.165, 1.54) is 11.8 Å². The molecule has 0 unspecified atom stereocenters. The van der Waals surface area contributed by atoms with Crippen LogP contribution in [-0.4, -0.2) is 28.7 Å². The lowest BCUT2D eigenvalue weighted by molar-refractivity contribution is -0.116. The Balaban J connectivity index is 2.06. The van der Waals surface area contributed by atoms with Crippen molar-refractivity contribution in [2.24, 2.45) is 0 Å². The van der Waals surface area contributed by atoms with E-state index >= 15 is 0 Å². The fourth-order valence-corrected chi connectivity index (χ4v) is 3.48. The molecule has 1 aromatic carbocycles. The fourth-order valence-electron chi connectivity index (χ4n) is 2.76. The molecule has 6 nitrogen and oxygen atoms in total. The van der Waals surface area contributed by atoms with Gasteiger partial charge in [0, 0.05) is 18.1 Å². The number of nitrogens with one attached hydrogen (secondary N) is 2. The number of anilines is 1. The van der Waals surface area contributed by atoms with Gasteiger partial charge >= 0.3 is 0 Å². The Labute approximate surface area is 144 Å². The molecule has 0 radical (unpaired) electrons. The number of ether oxygens (including phenoxy) is 1. The zero-order chi connectivity index (χ0) is 17.1. The molecule has 2 N–H and O–H groups in total. The number of rotatable bonds is 5. The highest BCUT2D eigenvalue weighted by Gasteiger charge is 2.31. The summed E-state index contributed by atoms with van der Waals surface area (Å²) in [5, 5.41) is 3.27. The highest BCUT2D eigenvalue weighted by atomic mass is 32.2. The smallest absolute Gasteiger partial charge is 0.257 e. The number of benzene rings is 1. The van der Waals surface area contributed by atoms with Crippen LogP contribution in [0.1, 0.15) is 36.8 Å². The lowest BCUT2D eigenvalue weighted by atomic mass is 9.87. The SMILES string of the molecule is CCCSc1nc2c(c(=O)[nH]1)[C@H](c1cccc(OC)c1)CC(=O)N2. The minimum atomic E-state index is -0.328. The van der Waals surface area contributed by atoms with E-state index in [0.717, 1.165) is 17.7 Å². The Hall–Kier alpha value is -2.28. The number of amides is 1. The fraction of sp³-hybridized carbons (Fsp3) is 0.353. The number of methoxy groups -OCH3 is 1. The number of carbonyl (C=O) groups excluding carboxylic acids is 1. The van der Waals surface area contributed by atoms with Crippen molar-refractivity contribution in [3.05, 3.63) is 45.7 Å². The van der Waals surface area contributed by atoms with E-state index in [1.54, 1.807) is 7.11 Å². The minimum Gasteiger partial charge on any atom is -0.497 e. The van der Waals surface area contributed by atoms with Gasteiger partial charge < -0.3 is 15.0 Å². The van der Waals surface area contributed by atoms with Gasteiger partial charge in [0.25, 0.3) is 5.56 Å². The molecule has 2 heterocycles. The summed E-state index contributed by atoms with van der Waals surface area (Å²) in [6, 6.07) is 7.44. The number of hydrogen-bond donors (Lipinski definition) is 2. The lowest BCUT2D eigenvalue weighted by Gasteiger charge is -2.24. The Kier molecular flexibility index (Phi) is 4.89. The van der Waals surface area contributed by atoms with Crippen molar-refractivity contribution in [3.8, 4) is 5.75 Å². The molecule has 126 valence electrons. The largest absolute Gasteiger partial charge is 0.497 e. The van der Waals surface area contributed by atoms with Gasteiger partial charge in [0.05, 0.1) is 12.7 Å². The summed E-state index contributed by atoms with van der Waals surface area (Å²) in [7, 11) is 1.59. The number of H-pyrrole nitrogens is 1. The first kappa shape index (κ1) is 16.6. The monoisotopic (exact) mass is 345 g/mol. The molecule has 1 atom stereocenters. The van der Waals surface area contributed by atoms with Gasteiger partial charge in [0.15, 0.2) is 5.16 Å². The third-order valence-corrected chi connectivity index (χ3v) is 4.95. The third-order valence-electron chi connectivity index (χ3n) is 3.87. The van der Waals surface area contributed by atoms with Gasteiger partial charge in [-0.3, -0.25) is 9.59 Å². The number of aromatic nitrogens is 2. The Bertz CT molecular complexity index is 819. The molecule has 0 aliphatic carbocycles. The van der Waals surface area contributed by atoms with Crippen LogP contribution in [0.15, 0.2) is 34.2 Å². The molecule has 1 aromatic heterocycles. The van der Waals surface area contributed by atoms with Gasteiger partial charge in [-0.15, -0.1) is 0 Å². The number of hydrogen-bond acceptors (Lipinski definition) is 5. The predicted octanol–water partition coefficient (Wildman–Crippen LogP) is 2.75. The maximum Gasteiger partial charge on any atom is 0.257 e. The van der Waals surface area contributed by atoms with E-state index in [0.29, 0.717) is 22.3 Å². The number of nitrogens with zero attached hydrogens (tertiary/aromatic N) is 1. The van der Waals surface area contributed by atoms with Gasteiger partial charge in [-0.05, 0) is 24.1 Å². The number of thioether (sulfide) groups is 1. The van der Waals surface area contributed by atoms with Crippen molar-refractivity contribution in [2.45, 2.75) is 30.8 Å². The van der Waals surface area contributed by atoms with E-state index < -0.39 is 0 Å². The van der Waals surface area contributed by atoms with Gasteiger partial charge in [-0.25, -0.2) is 4.98 Å². The summed E-state index contributed by atoms with van der Waals surface area (Å²) in [6.07, 6.45) is 1.19. The summed E-state index contributed by atoms with van der Waals surface area (Å²) in [5.41, 5.74) is 1.17. The maximum atomic E-state index is 12.6. The summed E-state index contributed by atoms with van der Waals surface area (Å²) in [6.45, 7) is 2.06.